The van der Waals surface area contributed by atoms with E-state index in [-0.39, 0.29) is 23.0 Å². The van der Waals surface area contributed by atoms with E-state index in [1.807, 2.05) is 0 Å². The third-order valence-corrected chi connectivity index (χ3v) is 4.77. The lowest BCUT2D eigenvalue weighted by Crippen LogP contribution is -2.52. The van der Waals surface area contributed by atoms with Crippen molar-refractivity contribution in [2.24, 2.45) is 16.1 Å². The van der Waals surface area contributed by atoms with Crippen LogP contribution in [0, 0.1) is 18.3 Å². The van der Waals surface area contributed by atoms with Gasteiger partial charge in [0.1, 0.15) is 6.04 Å². The van der Waals surface area contributed by atoms with E-state index in [1.54, 1.807) is 13.8 Å². The lowest BCUT2D eigenvalue weighted by Gasteiger charge is -2.28. The number of nitrogens with one attached hydrogen (secondary N) is 1. The lowest BCUT2D eigenvalue weighted by atomic mass is 10.0. The van der Waals surface area contributed by atoms with Crippen LogP contribution in [-0.4, -0.2) is 45.9 Å². The molecule has 3 heterocycles. The molecule has 0 saturated heterocycles. The average molecular weight is 367 g/mol. The van der Waals surface area contributed by atoms with Gasteiger partial charge in [-0.25, -0.2) is 0 Å². The van der Waals surface area contributed by atoms with Gasteiger partial charge >= 0.3 is 0 Å². The second-order valence-corrected chi connectivity index (χ2v) is 7.02. The molecule has 8 nitrogen and oxygen atoms in total. The largest absolute Gasteiger partial charge is 0.354 e. The van der Waals surface area contributed by atoms with E-state index in [2.05, 4.69) is 26.4 Å². The molecule has 1 unspecified atom stereocenters. The monoisotopic (exact) mass is 367 g/mol. The summed E-state index contributed by atoms with van der Waals surface area (Å²) in [5.41, 5.74) is 0.00999. The number of carbonyl (C=O) groups excluding carboxylic acids is 3. The fraction of sp³-hybridized carbons (Fsp3) is 0.474. The van der Waals surface area contributed by atoms with Crippen LogP contribution in [0.15, 0.2) is 28.7 Å². The minimum Gasteiger partial charge on any atom is -0.354 e. The van der Waals surface area contributed by atoms with Crippen molar-refractivity contribution in [3.05, 3.63) is 29.6 Å². The SMILES string of the molecule is C#CCCC1(CCNC(=O)C(C(C)C)N2C(=O)c3ccncc3C2=O)N=N1. The fourth-order valence-corrected chi connectivity index (χ4v) is 3.23. The van der Waals surface area contributed by atoms with E-state index in [0.717, 1.165) is 4.90 Å². The lowest BCUT2D eigenvalue weighted by molar-refractivity contribution is -0.126. The number of nitrogens with zero attached hydrogens (tertiary/aromatic N) is 4. The van der Waals surface area contributed by atoms with Crippen LogP contribution in [0.25, 0.3) is 0 Å². The number of fused-ring (bicyclic) bond motifs is 1. The van der Waals surface area contributed by atoms with Crippen LogP contribution in [0.2, 0.25) is 0 Å². The normalized spacial score (nSPS) is 17.6. The van der Waals surface area contributed by atoms with E-state index in [9.17, 15) is 14.4 Å². The maximum atomic E-state index is 12.8. The Morgan fingerprint density at radius 1 is 1.26 bits per heavy atom. The predicted octanol–water partition coefficient (Wildman–Crippen LogP) is 1.78. The summed E-state index contributed by atoms with van der Waals surface area (Å²) in [7, 11) is 0. The van der Waals surface area contributed by atoms with Crippen molar-refractivity contribution in [3.8, 4) is 12.3 Å². The van der Waals surface area contributed by atoms with E-state index < -0.39 is 23.5 Å². The quantitative estimate of drug-likeness (QED) is 0.558. The van der Waals surface area contributed by atoms with E-state index in [4.69, 9.17) is 6.42 Å². The number of hydrogen-bond donors (Lipinski definition) is 1. The zero-order chi connectivity index (χ0) is 19.6. The van der Waals surface area contributed by atoms with E-state index >= 15 is 0 Å². The van der Waals surface area contributed by atoms with Gasteiger partial charge in [-0.1, -0.05) is 13.8 Å². The van der Waals surface area contributed by atoms with Crippen molar-refractivity contribution in [2.75, 3.05) is 6.54 Å². The van der Waals surface area contributed by atoms with Crippen molar-refractivity contribution in [2.45, 2.75) is 44.8 Å². The van der Waals surface area contributed by atoms with Crippen molar-refractivity contribution < 1.29 is 14.4 Å². The summed E-state index contributed by atoms with van der Waals surface area (Å²) in [6.45, 7) is 3.93. The van der Waals surface area contributed by atoms with Gasteiger partial charge < -0.3 is 5.32 Å². The standard InChI is InChI=1S/C19H21N5O3/c1-4-5-7-19(22-23-19)8-10-21-16(25)15(12(2)3)24-17(26)13-6-9-20-11-14(13)18(24)27/h1,6,9,11-12,15H,5,7-8,10H2,2-3H3,(H,21,25). The Kier molecular flexibility index (Phi) is 5.04. The number of hydrogen-bond acceptors (Lipinski definition) is 6. The van der Waals surface area contributed by atoms with Gasteiger partial charge in [0, 0.05) is 38.2 Å². The highest BCUT2D eigenvalue weighted by molar-refractivity contribution is 6.22. The Hall–Kier alpha value is -3.08. The second-order valence-electron chi connectivity index (χ2n) is 7.02. The van der Waals surface area contributed by atoms with Crippen LogP contribution >= 0.6 is 0 Å². The number of imide groups is 1. The van der Waals surface area contributed by atoms with Crippen LogP contribution in [0.5, 0.6) is 0 Å². The average Bonchev–Trinajstić information content (AvgIpc) is 3.38. The molecule has 0 aliphatic carbocycles. The first kappa shape index (κ1) is 18.7. The highest BCUT2D eigenvalue weighted by Gasteiger charge is 2.44. The van der Waals surface area contributed by atoms with E-state index in [1.165, 1.54) is 18.5 Å². The van der Waals surface area contributed by atoms with Crippen LogP contribution in [-0.2, 0) is 4.79 Å². The fourth-order valence-electron chi connectivity index (χ4n) is 3.23. The first-order chi connectivity index (χ1) is 12.9. The topological polar surface area (TPSA) is 104 Å². The summed E-state index contributed by atoms with van der Waals surface area (Å²) < 4.78 is 0. The maximum absolute atomic E-state index is 12.8. The smallest absolute Gasteiger partial charge is 0.263 e. The van der Waals surface area contributed by atoms with Crippen molar-refractivity contribution in [1.82, 2.24) is 15.2 Å². The highest BCUT2D eigenvalue weighted by Crippen LogP contribution is 2.36. The van der Waals surface area contributed by atoms with Gasteiger partial charge in [0.25, 0.3) is 11.8 Å². The number of rotatable bonds is 8. The van der Waals surface area contributed by atoms with Gasteiger partial charge in [0.05, 0.1) is 11.1 Å². The molecule has 1 N–H and O–H groups in total. The maximum Gasteiger partial charge on any atom is 0.263 e. The molecule has 1 atom stereocenters. The van der Waals surface area contributed by atoms with Crippen LogP contribution < -0.4 is 5.32 Å². The van der Waals surface area contributed by atoms with Crippen molar-refractivity contribution >= 4 is 17.7 Å². The molecule has 2 aliphatic rings. The van der Waals surface area contributed by atoms with Crippen LogP contribution in [0.1, 0.15) is 53.8 Å². The van der Waals surface area contributed by atoms with E-state index in [0.29, 0.717) is 25.8 Å². The third-order valence-electron chi connectivity index (χ3n) is 4.77. The molecular weight excluding hydrogens is 346 g/mol. The number of terminal acetylenes is 1. The molecule has 0 bridgehead atoms. The first-order valence-electron chi connectivity index (χ1n) is 8.87. The van der Waals surface area contributed by atoms with Crippen LogP contribution in [0.4, 0.5) is 0 Å². The van der Waals surface area contributed by atoms with Gasteiger partial charge in [0.15, 0.2) is 5.66 Å². The first-order valence-corrected chi connectivity index (χ1v) is 8.87. The third kappa shape index (κ3) is 3.58. The summed E-state index contributed by atoms with van der Waals surface area (Å²) in [6.07, 6.45) is 9.84. The summed E-state index contributed by atoms with van der Waals surface area (Å²) in [5.74, 6) is 0.979. The number of amides is 3. The van der Waals surface area contributed by atoms with Gasteiger partial charge in [0.2, 0.25) is 5.91 Å². The molecule has 140 valence electrons. The summed E-state index contributed by atoms with van der Waals surface area (Å²) in [6, 6.07) is 0.600. The Labute approximate surface area is 157 Å². The van der Waals surface area contributed by atoms with Gasteiger partial charge in [-0.2, -0.15) is 10.2 Å². The molecule has 1 aromatic rings. The van der Waals surface area contributed by atoms with Gasteiger partial charge in [-0.3, -0.25) is 24.3 Å². The molecule has 2 aliphatic heterocycles. The molecule has 3 rings (SSSR count). The minimum atomic E-state index is -0.896. The zero-order valence-corrected chi connectivity index (χ0v) is 15.3. The number of aromatic nitrogens is 1. The number of carbonyl (C=O) groups is 3. The molecule has 0 saturated carbocycles. The van der Waals surface area contributed by atoms with Gasteiger partial charge in [-0.05, 0) is 12.0 Å². The molecule has 0 radical (unpaired) electrons. The molecule has 0 spiro atoms. The molecule has 8 heteroatoms. The predicted molar refractivity (Wildman–Crippen MR) is 96.6 cm³/mol. The van der Waals surface area contributed by atoms with Crippen molar-refractivity contribution in [3.63, 3.8) is 0 Å². The Balaban J connectivity index is 1.66. The molecule has 27 heavy (non-hydrogen) atoms. The summed E-state index contributed by atoms with van der Waals surface area (Å²) >= 11 is 0. The highest BCUT2D eigenvalue weighted by atomic mass is 16.2. The number of pyridine rings is 1. The molecule has 3 amide bonds. The minimum absolute atomic E-state index is 0.227. The van der Waals surface area contributed by atoms with Gasteiger partial charge in [-0.15, -0.1) is 12.3 Å². The Morgan fingerprint density at radius 3 is 2.56 bits per heavy atom. The zero-order valence-electron chi connectivity index (χ0n) is 15.3. The molecule has 0 aromatic carbocycles. The summed E-state index contributed by atoms with van der Waals surface area (Å²) in [5, 5.41) is 10.9. The second kappa shape index (κ2) is 7.27. The Morgan fingerprint density at radius 2 is 1.96 bits per heavy atom. The molecular formula is C19H21N5O3. The molecule has 1 aromatic heterocycles. The van der Waals surface area contributed by atoms with Crippen molar-refractivity contribution in [1.29, 1.82) is 0 Å². The van der Waals surface area contributed by atoms with Crippen LogP contribution in [0.3, 0.4) is 0 Å². The Bertz CT molecular complexity index is 814. The summed E-state index contributed by atoms with van der Waals surface area (Å²) in [4.78, 5) is 43.0. The molecule has 0 fully saturated rings.